The van der Waals surface area contributed by atoms with Gasteiger partial charge in [-0.05, 0) is 26.8 Å². The van der Waals surface area contributed by atoms with Crippen LogP contribution in [0.2, 0.25) is 0 Å². The lowest BCUT2D eigenvalue weighted by atomic mass is 10.1. The highest BCUT2D eigenvalue weighted by molar-refractivity contribution is 5.23. The summed E-state index contributed by atoms with van der Waals surface area (Å²) in [5, 5.41) is 17.6. The molecule has 0 fully saturated rings. The van der Waals surface area contributed by atoms with Crippen LogP contribution >= 0.6 is 0 Å². The van der Waals surface area contributed by atoms with E-state index in [-0.39, 0.29) is 0 Å². The second kappa shape index (κ2) is 4.73. The van der Waals surface area contributed by atoms with Crippen LogP contribution in [-0.4, -0.2) is 15.3 Å². The summed E-state index contributed by atoms with van der Waals surface area (Å²) in [7, 11) is 0. The third-order valence-corrected chi connectivity index (χ3v) is 1.97. The molecule has 14 heavy (non-hydrogen) atoms. The lowest BCUT2D eigenvalue weighted by Gasteiger charge is -2.09. The summed E-state index contributed by atoms with van der Waals surface area (Å²) in [6.07, 6.45) is -0.112. The zero-order valence-corrected chi connectivity index (χ0v) is 8.70. The van der Waals surface area contributed by atoms with Gasteiger partial charge in [0.25, 0.3) is 0 Å². The molecular weight excluding hydrogens is 176 g/mol. The van der Waals surface area contributed by atoms with E-state index >= 15 is 0 Å². The van der Waals surface area contributed by atoms with Gasteiger partial charge < -0.3 is 5.11 Å². The second-order valence-corrected chi connectivity index (χ2v) is 3.17. The van der Waals surface area contributed by atoms with Crippen LogP contribution < -0.4 is 0 Å². The van der Waals surface area contributed by atoms with E-state index in [1.54, 1.807) is 6.92 Å². The van der Waals surface area contributed by atoms with E-state index in [2.05, 4.69) is 22.0 Å². The van der Waals surface area contributed by atoms with Crippen molar-refractivity contribution >= 4 is 0 Å². The Morgan fingerprint density at radius 3 is 2.79 bits per heavy atom. The molecule has 0 aromatic carbocycles. The van der Waals surface area contributed by atoms with Crippen LogP contribution in [0.5, 0.6) is 0 Å². The van der Waals surface area contributed by atoms with Crippen LogP contribution in [0.3, 0.4) is 0 Å². The summed E-state index contributed by atoms with van der Waals surface area (Å²) >= 11 is 0. The molecule has 0 spiro atoms. The van der Waals surface area contributed by atoms with E-state index in [1.165, 1.54) is 0 Å². The van der Waals surface area contributed by atoms with Crippen LogP contribution in [0.4, 0.5) is 0 Å². The van der Waals surface area contributed by atoms with Gasteiger partial charge in [0.1, 0.15) is 0 Å². The van der Waals surface area contributed by atoms with Gasteiger partial charge >= 0.3 is 0 Å². The number of rotatable bonds is 2. The Morgan fingerprint density at radius 1 is 1.43 bits per heavy atom. The topological polar surface area (TPSA) is 46.0 Å². The van der Waals surface area contributed by atoms with Crippen molar-refractivity contribution in [2.45, 2.75) is 33.3 Å². The molecule has 1 atom stereocenters. The summed E-state index contributed by atoms with van der Waals surface area (Å²) in [4.78, 5) is 0. The van der Waals surface area contributed by atoms with Gasteiger partial charge in [-0.3, -0.25) is 0 Å². The Morgan fingerprint density at radius 2 is 2.14 bits per heavy atom. The molecule has 3 heteroatoms. The second-order valence-electron chi connectivity index (χ2n) is 3.17. The fourth-order valence-corrected chi connectivity index (χ4v) is 1.22. The molecule has 74 valence electrons. The Hall–Kier alpha value is -1.40. The lowest BCUT2D eigenvalue weighted by molar-refractivity contribution is 0.182. The quantitative estimate of drug-likeness (QED) is 0.719. The molecule has 0 amide bonds. The highest BCUT2D eigenvalue weighted by Gasteiger charge is 2.10. The summed E-state index contributed by atoms with van der Waals surface area (Å²) < 4.78 is 0. The molecule has 0 radical (unpaired) electrons. The van der Waals surface area contributed by atoms with Crippen LogP contribution in [-0.2, 0) is 0 Å². The number of aromatic nitrogens is 2. The summed E-state index contributed by atoms with van der Waals surface area (Å²) in [5.41, 5.74) is 2.40. The normalized spacial score (nSPS) is 11.7. The number of hydrogen-bond acceptors (Lipinski definition) is 3. The van der Waals surface area contributed by atoms with Crippen molar-refractivity contribution in [1.82, 2.24) is 10.2 Å². The van der Waals surface area contributed by atoms with E-state index in [4.69, 9.17) is 0 Å². The standard InChI is InChI=1S/C11H14N2O/c1-4-5-6-11(14)10-7-8(2)12-13-9(10)3/h7,11,14H,6H2,1-3H3. The zero-order chi connectivity index (χ0) is 10.6. The highest BCUT2D eigenvalue weighted by Crippen LogP contribution is 2.18. The maximum absolute atomic E-state index is 9.79. The number of aryl methyl sites for hydroxylation is 2. The minimum Gasteiger partial charge on any atom is -0.387 e. The molecule has 1 rings (SSSR count). The predicted molar refractivity (Wildman–Crippen MR) is 54.5 cm³/mol. The van der Waals surface area contributed by atoms with E-state index in [1.807, 2.05) is 19.9 Å². The molecule has 1 aromatic heterocycles. The average Bonchev–Trinajstić information content (AvgIpc) is 2.18. The molecule has 0 bridgehead atoms. The molecule has 0 saturated carbocycles. The fourth-order valence-electron chi connectivity index (χ4n) is 1.22. The molecule has 0 aliphatic heterocycles. The summed E-state index contributed by atoms with van der Waals surface area (Å²) in [6.45, 7) is 5.45. The number of nitrogens with zero attached hydrogens (tertiary/aromatic N) is 2. The first-order chi connectivity index (χ1) is 6.65. The smallest absolute Gasteiger partial charge is 0.0917 e. The van der Waals surface area contributed by atoms with E-state index in [0.717, 1.165) is 17.0 Å². The molecule has 1 unspecified atom stereocenters. The van der Waals surface area contributed by atoms with Gasteiger partial charge in [-0.15, -0.1) is 11.8 Å². The fraction of sp³-hybridized carbons (Fsp3) is 0.455. The van der Waals surface area contributed by atoms with Crippen LogP contribution in [0, 0.1) is 25.7 Å². The molecule has 0 aliphatic rings. The Bertz CT molecular complexity index is 377. The molecule has 0 saturated heterocycles. The maximum atomic E-state index is 9.79. The van der Waals surface area contributed by atoms with Crippen molar-refractivity contribution in [2.75, 3.05) is 0 Å². The molecule has 1 N–H and O–H groups in total. The third-order valence-electron chi connectivity index (χ3n) is 1.97. The van der Waals surface area contributed by atoms with E-state index < -0.39 is 6.10 Å². The molecule has 0 aliphatic carbocycles. The number of aliphatic hydroxyl groups excluding tert-OH is 1. The Balaban J connectivity index is 2.91. The first kappa shape index (κ1) is 10.7. The van der Waals surface area contributed by atoms with Crippen LogP contribution in [0.25, 0.3) is 0 Å². The number of aliphatic hydroxyl groups is 1. The molecule has 1 aromatic rings. The first-order valence-corrected chi connectivity index (χ1v) is 4.53. The Labute approximate surface area is 84.2 Å². The zero-order valence-electron chi connectivity index (χ0n) is 8.70. The largest absolute Gasteiger partial charge is 0.387 e. The van der Waals surface area contributed by atoms with Crippen molar-refractivity contribution in [2.24, 2.45) is 0 Å². The minimum absolute atomic E-state index is 0.447. The van der Waals surface area contributed by atoms with Gasteiger partial charge in [-0.25, -0.2) is 0 Å². The Kier molecular flexibility index (Phi) is 3.61. The predicted octanol–water partition coefficient (Wildman–Crippen LogP) is 1.54. The molecule has 1 heterocycles. The lowest BCUT2D eigenvalue weighted by Crippen LogP contribution is -2.03. The molecule has 3 nitrogen and oxygen atoms in total. The maximum Gasteiger partial charge on any atom is 0.0917 e. The van der Waals surface area contributed by atoms with Gasteiger partial charge in [0.2, 0.25) is 0 Å². The van der Waals surface area contributed by atoms with Gasteiger partial charge in [0, 0.05) is 12.0 Å². The minimum atomic E-state index is -0.559. The van der Waals surface area contributed by atoms with Gasteiger partial charge in [-0.2, -0.15) is 10.2 Å². The van der Waals surface area contributed by atoms with E-state index in [9.17, 15) is 5.11 Å². The van der Waals surface area contributed by atoms with Crippen LogP contribution in [0.15, 0.2) is 6.07 Å². The van der Waals surface area contributed by atoms with Crippen molar-refractivity contribution in [3.05, 3.63) is 23.0 Å². The van der Waals surface area contributed by atoms with Crippen molar-refractivity contribution in [3.8, 4) is 11.8 Å². The van der Waals surface area contributed by atoms with Crippen molar-refractivity contribution in [3.63, 3.8) is 0 Å². The van der Waals surface area contributed by atoms with Crippen molar-refractivity contribution in [1.29, 1.82) is 0 Å². The summed E-state index contributed by atoms with van der Waals surface area (Å²) in [5.74, 6) is 5.60. The number of hydrogen-bond donors (Lipinski definition) is 1. The van der Waals surface area contributed by atoms with Crippen LogP contribution in [0.1, 0.15) is 36.4 Å². The van der Waals surface area contributed by atoms with Gasteiger partial charge in [-0.1, -0.05) is 0 Å². The average molecular weight is 190 g/mol. The highest BCUT2D eigenvalue weighted by atomic mass is 16.3. The molecular formula is C11H14N2O. The SMILES string of the molecule is CC#CCC(O)c1cc(C)nnc1C. The van der Waals surface area contributed by atoms with Gasteiger partial charge in [0.05, 0.1) is 17.5 Å². The summed E-state index contributed by atoms with van der Waals surface area (Å²) in [6, 6.07) is 1.85. The van der Waals surface area contributed by atoms with E-state index in [0.29, 0.717) is 6.42 Å². The monoisotopic (exact) mass is 190 g/mol. The van der Waals surface area contributed by atoms with Gasteiger partial charge in [0.15, 0.2) is 0 Å². The first-order valence-electron chi connectivity index (χ1n) is 4.53. The van der Waals surface area contributed by atoms with Crippen molar-refractivity contribution < 1.29 is 5.11 Å². The third kappa shape index (κ3) is 2.54.